The Kier molecular flexibility index (Phi) is 4.52. The molecule has 2 heterocycles. The number of para-hydroxylation sites is 1. The second kappa shape index (κ2) is 7.10. The lowest BCUT2D eigenvalue weighted by molar-refractivity contribution is -0.786. The minimum absolute atomic E-state index is 0.00548. The molecule has 4 aliphatic rings. The Hall–Kier alpha value is -2.91. The van der Waals surface area contributed by atoms with Crippen LogP contribution in [0.25, 0.3) is 16.9 Å². The maximum atomic E-state index is 11.8. The van der Waals surface area contributed by atoms with E-state index < -0.39 is 0 Å². The lowest BCUT2D eigenvalue weighted by atomic mass is 9.83. The SMILES string of the molecule is CC[NH+]1C(=CC=C2CCCc3cc4ccc(=O)cc-4oc32)C(C)(C)c2ccccc21. The standard InChI is InChI=1S/C27H27NO2/c1-4-28-23-11-6-5-10-22(23)27(2,3)25(28)15-13-18-8-7-9-20-16-19-12-14-21(29)17-24(19)30-26(18)20/h5-6,10-17H,4,7-9H2,1-3H3/p+1. The highest BCUT2D eigenvalue weighted by molar-refractivity contribution is 5.71. The van der Waals surface area contributed by atoms with Crippen LogP contribution in [0.2, 0.25) is 0 Å². The van der Waals surface area contributed by atoms with Gasteiger partial charge < -0.3 is 4.42 Å². The third-order valence-corrected chi connectivity index (χ3v) is 6.73. The topological polar surface area (TPSA) is 34.7 Å². The molecule has 1 aromatic rings. The fraction of sp³-hybridized carbons (Fsp3) is 0.296. The molecule has 1 aromatic carbocycles. The van der Waals surface area contributed by atoms with Crippen LogP contribution in [-0.2, 0) is 11.8 Å². The van der Waals surface area contributed by atoms with Gasteiger partial charge in [-0.25, -0.2) is 0 Å². The predicted octanol–water partition coefficient (Wildman–Crippen LogP) is 4.88. The summed E-state index contributed by atoms with van der Waals surface area (Å²) in [7, 11) is 0. The summed E-state index contributed by atoms with van der Waals surface area (Å²) in [5.74, 6) is 1.62. The van der Waals surface area contributed by atoms with Crippen molar-refractivity contribution in [3.05, 3.63) is 93.5 Å². The minimum atomic E-state index is -0.0117. The highest BCUT2D eigenvalue weighted by atomic mass is 16.3. The van der Waals surface area contributed by atoms with Crippen LogP contribution < -0.4 is 10.3 Å². The van der Waals surface area contributed by atoms with E-state index >= 15 is 0 Å². The van der Waals surface area contributed by atoms with Crippen molar-refractivity contribution in [3.63, 3.8) is 0 Å². The molecular weight excluding hydrogens is 370 g/mol. The quantitative estimate of drug-likeness (QED) is 0.668. The van der Waals surface area contributed by atoms with Crippen LogP contribution in [0.1, 0.15) is 50.5 Å². The summed E-state index contributed by atoms with van der Waals surface area (Å²) in [4.78, 5) is 13.2. The first-order valence-corrected chi connectivity index (χ1v) is 10.9. The van der Waals surface area contributed by atoms with E-state index in [4.69, 9.17) is 4.42 Å². The number of nitrogens with one attached hydrogen (secondary N) is 1. The third kappa shape index (κ3) is 2.96. The summed E-state index contributed by atoms with van der Waals surface area (Å²) in [6.07, 6.45) is 7.71. The number of quaternary nitrogens is 1. The molecule has 2 aliphatic carbocycles. The second-order valence-electron chi connectivity index (χ2n) is 8.93. The Labute approximate surface area is 177 Å². The molecule has 0 fully saturated rings. The normalized spacial score (nSPS) is 22.4. The van der Waals surface area contributed by atoms with Gasteiger partial charge in [-0.2, -0.15) is 0 Å². The maximum absolute atomic E-state index is 11.8. The third-order valence-electron chi connectivity index (χ3n) is 6.73. The monoisotopic (exact) mass is 398 g/mol. The van der Waals surface area contributed by atoms with Gasteiger partial charge in [-0.05, 0) is 87.6 Å². The largest absolute Gasteiger partial charge is 0.456 e. The van der Waals surface area contributed by atoms with Gasteiger partial charge in [0.25, 0.3) is 0 Å². The fourth-order valence-electron chi connectivity index (χ4n) is 5.18. The predicted molar refractivity (Wildman–Crippen MR) is 121 cm³/mol. The van der Waals surface area contributed by atoms with E-state index in [1.165, 1.54) is 33.0 Å². The second-order valence-corrected chi connectivity index (χ2v) is 8.93. The van der Waals surface area contributed by atoms with E-state index in [0.717, 1.165) is 37.1 Å². The Morgan fingerprint density at radius 3 is 2.73 bits per heavy atom. The lowest BCUT2D eigenvalue weighted by Gasteiger charge is -2.22. The van der Waals surface area contributed by atoms with Crippen molar-refractivity contribution in [2.75, 3.05) is 6.54 Å². The van der Waals surface area contributed by atoms with Crippen molar-refractivity contribution >= 4 is 11.3 Å². The lowest BCUT2D eigenvalue weighted by Crippen LogP contribution is -3.04. The van der Waals surface area contributed by atoms with Gasteiger partial charge in [-0.15, -0.1) is 0 Å². The number of fused-ring (bicyclic) bond motifs is 3. The molecule has 0 aromatic heterocycles. The molecule has 0 spiro atoms. The van der Waals surface area contributed by atoms with Gasteiger partial charge in [0.1, 0.15) is 22.9 Å². The minimum Gasteiger partial charge on any atom is -0.456 e. The Morgan fingerprint density at radius 1 is 1.07 bits per heavy atom. The highest BCUT2D eigenvalue weighted by Gasteiger charge is 2.44. The maximum Gasteiger partial charge on any atom is 0.182 e. The van der Waals surface area contributed by atoms with Crippen LogP contribution in [0.4, 0.5) is 5.69 Å². The van der Waals surface area contributed by atoms with Gasteiger partial charge >= 0.3 is 0 Å². The number of aryl methyl sites for hydroxylation is 1. The van der Waals surface area contributed by atoms with E-state index in [0.29, 0.717) is 5.76 Å². The molecule has 0 radical (unpaired) electrons. The number of rotatable bonds is 2. The van der Waals surface area contributed by atoms with Crippen LogP contribution in [0.5, 0.6) is 0 Å². The van der Waals surface area contributed by atoms with Crippen LogP contribution in [0.15, 0.2) is 75.6 Å². The van der Waals surface area contributed by atoms with E-state index in [1.54, 1.807) is 12.1 Å². The number of hydrogen-bond donors (Lipinski definition) is 1. The number of hydrogen-bond acceptors (Lipinski definition) is 2. The summed E-state index contributed by atoms with van der Waals surface area (Å²) in [5.41, 5.74) is 7.65. The van der Waals surface area contributed by atoms with Gasteiger partial charge in [0, 0.05) is 17.2 Å². The molecule has 1 unspecified atom stereocenters. The summed E-state index contributed by atoms with van der Waals surface area (Å²) in [5, 5.41) is 0. The van der Waals surface area contributed by atoms with Crippen molar-refractivity contribution in [2.24, 2.45) is 0 Å². The Balaban J connectivity index is 1.61. The van der Waals surface area contributed by atoms with Crippen molar-refractivity contribution < 1.29 is 9.32 Å². The highest BCUT2D eigenvalue weighted by Crippen LogP contribution is 2.39. The Bertz CT molecular complexity index is 1210. The fourth-order valence-corrected chi connectivity index (χ4v) is 5.18. The van der Waals surface area contributed by atoms with Crippen LogP contribution in [0, 0.1) is 0 Å². The summed E-state index contributed by atoms with van der Waals surface area (Å²) < 4.78 is 6.26. The van der Waals surface area contributed by atoms with Crippen LogP contribution >= 0.6 is 0 Å². The molecule has 0 amide bonds. The van der Waals surface area contributed by atoms with Crippen LogP contribution in [-0.4, -0.2) is 6.54 Å². The molecular formula is C27H28NO2+. The molecule has 3 heteroatoms. The molecule has 30 heavy (non-hydrogen) atoms. The molecule has 0 saturated heterocycles. The average molecular weight is 399 g/mol. The van der Waals surface area contributed by atoms with E-state index in [1.807, 2.05) is 6.07 Å². The first kappa shape index (κ1) is 19.1. The van der Waals surface area contributed by atoms with Crippen molar-refractivity contribution in [2.45, 2.75) is 45.4 Å². The Morgan fingerprint density at radius 2 is 1.90 bits per heavy atom. The van der Waals surface area contributed by atoms with E-state index in [2.05, 4.69) is 63.3 Å². The first-order chi connectivity index (χ1) is 14.5. The molecule has 3 nitrogen and oxygen atoms in total. The number of allylic oxidation sites excluding steroid dienone is 4. The summed E-state index contributed by atoms with van der Waals surface area (Å²) in [6, 6.07) is 16.0. The van der Waals surface area contributed by atoms with Gasteiger partial charge in [-0.1, -0.05) is 18.2 Å². The van der Waals surface area contributed by atoms with Crippen molar-refractivity contribution in [3.8, 4) is 11.3 Å². The van der Waals surface area contributed by atoms with Gasteiger partial charge in [0.05, 0.1) is 12.0 Å². The zero-order valence-corrected chi connectivity index (χ0v) is 17.9. The molecule has 0 saturated carbocycles. The molecule has 152 valence electrons. The van der Waals surface area contributed by atoms with Gasteiger partial charge in [0.15, 0.2) is 5.43 Å². The van der Waals surface area contributed by atoms with Gasteiger partial charge in [0.2, 0.25) is 0 Å². The summed E-state index contributed by atoms with van der Waals surface area (Å²) in [6.45, 7) is 7.91. The summed E-state index contributed by atoms with van der Waals surface area (Å²) >= 11 is 0. The molecule has 5 rings (SSSR count). The molecule has 1 N–H and O–H groups in total. The van der Waals surface area contributed by atoms with E-state index in [9.17, 15) is 4.79 Å². The van der Waals surface area contributed by atoms with Gasteiger partial charge in [-0.3, -0.25) is 9.69 Å². The van der Waals surface area contributed by atoms with Crippen molar-refractivity contribution in [1.29, 1.82) is 0 Å². The first-order valence-electron chi connectivity index (χ1n) is 10.9. The molecule has 2 aliphatic heterocycles. The van der Waals surface area contributed by atoms with E-state index in [-0.39, 0.29) is 10.8 Å². The average Bonchev–Trinajstić information content (AvgIpc) is 2.97. The van der Waals surface area contributed by atoms with Crippen molar-refractivity contribution in [1.82, 2.24) is 0 Å². The number of likely N-dealkylation sites (N-methyl/N-ethyl adjacent to an activating group) is 1. The number of benzene rings is 2. The zero-order chi connectivity index (χ0) is 20.9. The smallest absolute Gasteiger partial charge is 0.182 e. The molecule has 0 bridgehead atoms. The molecule has 1 atom stereocenters. The zero-order valence-electron chi connectivity index (χ0n) is 17.9. The van der Waals surface area contributed by atoms with Crippen LogP contribution in [0.3, 0.4) is 0 Å².